The van der Waals surface area contributed by atoms with Crippen molar-refractivity contribution in [2.75, 3.05) is 18.0 Å². The number of benzene rings is 4. The molecule has 0 saturated heterocycles. The summed E-state index contributed by atoms with van der Waals surface area (Å²) in [6.45, 7) is 5.67. The molecular formula is C38H33F2N3O4. The fraction of sp³-hybridized carbons (Fsp3) is 0.132. The molecule has 0 radical (unpaired) electrons. The van der Waals surface area contributed by atoms with Crippen LogP contribution in [0.1, 0.15) is 30.5 Å². The lowest BCUT2D eigenvalue weighted by molar-refractivity contribution is -0.139. The number of rotatable bonds is 12. The summed E-state index contributed by atoms with van der Waals surface area (Å²) in [5.74, 6) is -2.28. The number of H-pyrrole nitrogens is 1. The van der Waals surface area contributed by atoms with E-state index in [-0.39, 0.29) is 12.2 Å². The molecule has 7 nitrogen and oxygen atoms in total. The molecule has 5 aromatic rings. The summed E-state index contributed by atoms with van der Waals surface area (Å²) in [4.78, 5) is 33.9. The maximum Gasteiger partial charge on any atom is 0.331 e. The number of ether oxygens (including phenoxy) is 1. The summed E-state index contributed by atoms with van der Waals surface area (Å²) in [6, 6.07) is 26.2. The van der Waals surface area contributed by atoms with Gasteiger partial charge in [0.1, 0.15) is 24.1 Å². The van der Waals surface area contributed by atoms with Crippen LogP contribution in [0.25, 0.3) is 46.1 Å². The van der Waals surface area contributed by atoms with Crippen molar-refractivity contribution in [3.05, 3.63) is 131 Å². The van der Waals surface area contributed by atoms with Crippen LogP contribution in [0.3, 0.4) is 0 Å². The van der Waals surface area contributed by atoms with Crippen molar-refractivity contribution in [1.29, 1.82) is 0 Å². The van der Waals surface area contributed by atoms with Crippen LogP contribution in [0, 0.1) is 11.6 Å². The van der Waals surface area contributed by atoms with Gasteiger partial charge in [-0.3, -0.25) is 0 Å². The summed E-state index contributed by atoms with van der Waals surface area (Å²) in [7, 11) is 0. The number of aromatic nitrogens is 2. The van der Waals surface area contributed by atoms with E-state index in [0.29, 0.717) is 5.82 Å². The number of nitrogens with zero attached hydrogens (tertiary/aromatic N) is 2. The number of carbonyl (C=O) groups excluding carboxylic acids is 1. The third-order valence-corrected chi connectivity index (χ3v) is 7.56. The highest BCUT2D eigenvalue weighted by molar-refractivity contribution is 5.88. The normalized spacial score (nSPS) is 11.3. The second kappa shape index (κ2) is 15.0. The molecule has 0 bridgehead atoms. The number of esters is 1. The quantitative estimate of drug-likeness (QED) is 0.106. The summed E-state index contributed by atoms with van der Waals surface area (Å²) >= 11 is 0. The number of anilines is 1. The van der Waals surface area contributed by atoms with Crippen LogP contribution in [-0.4, -0.2) is 40.1 Å². The lowest BCUT2D eigenvalue weighted by Gasteiger charge is -2.20. The highest BCUT2D eigenvalue weighted by Crippen LogP contribution is 2.34. The first-order chi connectivity index (χ1) is 22.7. The Balaban J connectivity index is 1.40. The molecule has 9 heteroatoms. The number of aliphatic carboxylic acids is 1. The van der Waals surface area contributed by atoms with Gasteiger partial charge in [0, 0.05) is 53.2 Å². The minimum absolute atomic E-state index is 0.0444. The highest BCUT2D eigenvalue weighted by atomic mass is 19.1. The molecule has 0 amide bonds. The van der Waals surface area contributed by atoms with Gasteiger partial charge in [-0.1, -0.05) is 48.5 Å². The van der Waals surface area contributed by atoms with Crippen molar-refractivity contribution in [2.45, 2.75) is 20.5 Å². The van der Waals surface area contributed by atoms with Crippen molar-refractivity contribution in [1.82, 2.24) is 9.97 Å². The first kappa shape index (κ1) is 32.6. The molecule has 0 aliphatic rings. The molecule has 0 saturated carbocycles. The number of imidazole rings is 1. The van der Waals surface area contributed by atoms with E-state index >= 15 is 0 Å². The minimum atomic E-state index is -1.02. The minimum Gasteiger partial charge on any atom is -0.478 e. The standard InChI is InChI=1S/C38H33F2N3O4/c1-3-43(4-2)32-18-15-29(16-19-32)38-41-36(27-11-5-25(6-12-27)9-21-34(44)45)37(42-38)28-13-7-26(8-14-28)10-22-35(46)47-24-30-23-31(39)17-20-33(30)40/h5-23H,3-4,24H2,1-2H3,(H,41,42)(H,44,45)/b21-9+,22-10+. The number of aromatic amines is 1. The molecule has 0 atom stereocenters. The van der Waals surface area contributed by atoms with Crippen LogP contribution in [-0.2, 0) is 20.9 Å². The zero-order valence-corrected chi connectivity index (χ0v) is 25.9. The van der Waals surface area contributed by atoms with Gasteiger partial charge in [0.2, 0.25) is 0 Å². The molecule has 2 N–H and O–H groups in total. The van der Waals surface area contributed by atoms with Gasteiger partial charge in [-0.2, -0.15) is 0 Å². The Morgan fingerprint density at radius 3 is 2.02 bits per heavy atom. The van der Waals surface area contributed by atoms with Gasteiger partial charge in [-0.25, -0.2) is 23.4 Å². The van der Waals surface area contributed by atoms with Crippen molar-refractivity contribution < 1.29 is 28.2 Å². The zero-order chi connectivity index (χ0) is 33.3. The van der Waals surface area contributed by atoms with Crippen molar-refractivity contribution in [3.8, 4) is 33.9 Å². The Kier molecular flexibility index (Phi) is 10.4. The van der Waals surface area contributed by atoms with Gasteiger partial charge in [0.05, 0.1) is 11.4 Å². The first-order valence-corrected chi connectivity index (χ1v) is 15.1. The van der Waals surface area contributed by atoms with Crippen LogP contribution in [0.5, 0.6) is 0 Å². The number of carboxylic acids is 1. The fourth-order valence-electron chi connectivity index (χ4n) is 5.04. The van der Waals surface area contributed by atoms with Gasteiger partial charge in [-0.05, 0) is 79.6 Å². The second-order valence-electron chi connectivity index (χ2n) is 10.6. The van der Waals surface area contributed by atoms with Gasteiger partial charge in [0.15, 0.2) is 0 Å². The monoisotopic (exact) mass is 633 g/mol. The maximum absolute atomic E-state index is 13.8. The molecule has 5 rings (SSSR count). The van der Waals surface area contributed by atoms with Crippen molar-refractivity contribution >= 4 is 29.8 Å². The molecule has 4 aromatic carbocycles. The predicted octanol–water partition coefficient (Wildman–Crippen LogP) is 8.39. The number of hydrogen-bond donors (Lipinski definition) is 2. The average Bonchev–Trinajstić information content (AvgIpc) is 3.54. The molecule has 0 spiro atoms. The fourth-order valence-corrected chi connectivity index (χ4v) is 5.04. The highest BCUT2D eigenvalue weighted by Gasteiger charge is 2.16. The van der Waals surface area contributed by atoms with Crippen LogP contribution in [0.2, 0.25) is 0 Å². The smallest absolute Gasteiger partial charge is 0.331 e. The SMILES string of the molecule is CCN(CC)c1ccc(-c2nc(-c3ccc(/C=C/C(=O)O)cc3)c(-c3ccc(/C=C/C(=O)OCc4cc(F)ccc4F)cc3)[nH]2)cc1. The van der Waals surface area contributed by atoms with E-state index in [9.17, 15) is 18.4 Å². The van der Waals surface area contributed by atoms with E-state index < -0.39 is 23.6 Å². The molecular weight excluding hydrogens is 600 g/mol. The number of nitrogens with one attached hydrogen (secondary N) is 1. The van der Waals surface area contributed by atoms with E-state index in [1.165, 1.54) is 12.2 Å². The van der Waals surface area contributed by atoms with Crippen LogP contribution in [0.15, 0.2) is 103 Å². The summed E-state index contributed by atoms with van der Waals surface area (Å²) in [5, 5.41) is 8.97. The largest absolute Gasteiger partial charge is 0.478 e. The number of carbonyl (C=O) groups is 2. The number of hydrogen-bond acceptors (Lipinski definition) is 5. The molecule has 0 aliphatic heterocycles. The average molecular weight is 634 g/mol. The number of carboxylic acid groups (broad SMARTS) is 1. The first-order valence-electron chi connectivity index (χ1n) is 15.1. The second-order valence-corrected chi connectivity index (χ2v) is 10.6. The Labute approximate surface area is 271 Å². The summed E-state index contributed by atoms with van der Waals surface area (Å²) < 4.78 is 32.3. The van der Waals surface area contributed by atoms with E-state index in [1.807, 2.05) is 60.7 Å². The molecule has 1 heterocycles. The van der Waals surface area contributed by atoms with Crippen LogP contribution >= 0.6 is 0 Å². The third kappa shape index (κ3) is 8.26. The van der Waals surface area contributed by atoms with Crippen molar-refractivity contribution in [3.63, 3.8) is 0 Å². The van der Waals surface area contributed by atoms with Crippen LogP contribution in [0.4, 0.5) is 14.5 Å². The molecule has 47 heavy (non-hydrogen) atoms. The Hall–Kier alpha value is -5.83. The van der Waals surface area contributed by atoms with E-state index in [1.54, 1.807) is 6.08 Å². The third-order valence-electron chi connectivity index (χ3n) is 7.56. The van der Waals surface area contributed by atoms with Gasteiger partial charge >= 0.3 is 11.9 Å². The summed E-state index contributed by atoms with van der Waals surface area (Å²) in [6.07, 6.45) is 5.43. The van der Waals surface area contributed by atoms with Gasteiger partial charge in [-0.15, -0.1) is 0 Å². The lowest BCUT2D eigenvalue weighted by atomic mass is 10.0. The topological polar surface area (TPSA) is 95.5 Å². The van der Waals surface area contributed by atoms with Crippen molar-refractivity contribution in [2.24, 2.45) is 0 Å². The Morgan fingerprint density at radius 2 is 1.40 bits per heavy atom. The maximum atomic E-state index is 13.8. The lowest BCUT2D eigenvalue weighted by Crippen LogP contribution is -2.21. The van der Waals surface area contributed by atoms with E-state index in [4.69, 9.17) is 14.8 Å². The molecule has 238 valence electrons. The molecule has 0 aliphatic carbocycles. The number of halogens is 2. The Morgan fingerprint density at radius 1 is 0.809 bits per heavy atom. The van der Waals surface area contributed by atoms with E-state index in [2.05, 4.69) is 35.9 Å². The van der Waals surface area contributed by atoms with Gasteiger partial charge in [0.25, 0.3) is 0 Å². The molecule has 1 aromatic heterocycles. The predicted molar refractivity (Wildman–Crippen MR) is 180 cm³/mol. The molecule has 0 fully saturated rings. The van der Waals surface area contributed by atoms with E-state index in [0.717, 1.165) is 82.3 Å². The molecule has 0 unspecified atom stereocenters. The zero-order valence-electron chi connectivity index (χ0n) is 25.9. The summed E-state index contributed by atoms with van der Waals surface area (Å²) in [5.41, 5.74) is 6.69. The van der Waals surface area contributed by atoms with Gasteiger partial charge < -0.3 is 19.7 Å². The Bertz CT molecular complexity index is 1910. The van der Waals surface area contributed by atoms with Crippen LogP contribution < -0.4 is 4.90 Å².